The number of amides is 1. The van der Waals surface area contributed by atoms with Crippen LogP contribution in [0.1, 0.15) is 18.2 Å². The topological polar surface area (TPSA) is 51.2 Å². The van der Waals surface area contributed by atoms with Gasteiger partial charge in [0.2, 0.25) is 6.41 Å². The SMILES string of the molecule is CCc1cc(Oc2ccc(C)cc2)ccn1.CNC=O. The molecule has 0 bridgehead atoms. The highest BCUT2D eigenvalue weighted by Gasteiger charge is 1.98. The first-order chi connectivity index (χ1) is 9.69. The molecule has 0 radical (unpaired) electrons. The van der Waals surface area contributed by atoms with Crippen LogP contribution in [-0.2, 0) is 11.2 Å². The van der Waals surface area contributed by atoms with Crippen molar-refractivity contribution < 1.29 is 9.53 Å². The average Bonchev–Trinajstić information content (AvgIpc) is 2.50. The number of ether oxygens (including phenoxy) is 1. The lowest BCUT2D eigenvalue weighted by Gasteiger charge is -2.06. The molecule has 0 aliphatic carbocycles. The summed E-state index contributed by atoms with van der Waals surface area (Å²) in [6, 6.07) is 11.9. The Kier molecular flexibility index (Phi) is 6.82. The molecule has 1 aromatic heterocycles. The number of hydrogen-bond acceptors (Lipinski definition) is 3. The number of hydrogen-bond donors (Lipinski definition) is 1. The van der Waals surface area contributed by atoms with Crippen LogP contribution in [0, 0.1) is 6.92 Å². The summed E-state index contributed by atoms with van der Waals surface area (Å²) in [4.78, 5) is 13.3. The van der Waals surface area contributed by atoms with Crippen LogP contribution >= 0.6 is 0 Å². The second-order valence-electron chi connectivity index (χ2n) is 4.16. The predicted molar refractivity (Wildman–Crippen MR) is 80.0 cm³/mol. The fraction of sp³-hybridized carbons (Fsp3) is 0.250. The van der Waals surface area contributed by atoms with Crippen molar-refractivity contribution in [3.8, 4) is 11.5 Å². The van der Waals surface area contributed by atoms with E-state index < -0.39 is 0 Å². The number of aryl methyl sites for hydroxylation is 2. The summed E-state index contributed by atoms with van der Waals surface area (Å²) in [6.45, 7) is 4.14. The number of carbonyl (C=O) groups excluding carboxylic acids is 1. The van der Waals surface area contributed by atoms with Gasteiger partial charge in [-0.15, -0.1) is 0 Å². The van der Waals surface area contributed by atoms with Crippen LogP contribution in [0.15, 0.2) is 42.6 Å². The van der Waals surface area contributed by atoms with E-state index in [1.807, 2.05) is 36.4 Å². The highest BCUT2D eigenvalue weighted by atomic mass is 16.5. The maximum absolute atomic E-state index is 9.06. The van der Waals surface area contributed by atoms with Crippen LogP contribution in [0.25, 0.3) is 0 Å². The molecule has 0 saturated carbocycles. The lowest BCUT2D eigenvalue weighted by atomic mass is 10.2. The van der Waals surface area contributed by atoms with Gasteiger partial charge in [-0.25, -0.2) is 0 Å². The Labute approximate surface area is 119 Å². The Morgan fingerprint density at radius 1 is 1.20 bits per heavy atom. The quantitative estimate of drug-likeness (QED) is 0.870. The predicted octanol–water partition coefficient (Wildman–Crippen LogP) is 3.11. The number of carbonyl (C=O) groups is 1. The Morgan fingerprint density at radius 3 is 2.40 bits per heavy atom. The van der Waals surface area contributed by atoms with Gasteiger partial charge in [-0.1, -0.05) is 24.6 Å². The summed E-state index contributed by atoms with van der Waals surface area (Å²) in [5.74, 6) is 1.70. The second kappa shape index (κ2) is 8.69. The molecule has 20 heavy (non-hydrogen) atoms. The van der Waals surface area contributed by atoms with E-state index in [1.54, 1.807) is 13.2 Å². The maximum atomic E-state index is 9.06. The Balaban J connectivity index is 0.000000444. The largest absolute Gasteiger partial charge is 0.457 e. The number of nitrogens with one attached hydrogen (secondary N) is 1. The third kappa shape index (κ3) is 5.52. The van der Waals surface area contributed by atoms with Gasteiger partial charge in [0.15, 0.2) is 0 Å². The van der Waals surface area contributed by atoms with Crippen LogP contribution in [0.3, 0.4) is 0 Å². The van der Waals surface area contributed by atoms with Gasteiger partial charge in [0, 0.05) is 25.0 Å². The first kappa shape index (κ1) is 15.7. The van der Waals surface area contributed by atoms with Gasteiger partial charge < -0.3 is 10.1 Å². The Morgan fingerprint density at radius 2 is 1.85 bits per heavy atom. The van der Waals surface area contributed by atoms with Crippen molar-refractivity contribution in [1.29, 1.82) is 0 Å². The minimum atomic E-state index is 0.625. The molecule has 0 saturated heterocycles. The maximum Gasteiger partial charge on any atom is 0.206 e. The molecule has 4 nitrogen and oxygen atoms in total. The molecule has 0 spiro atoms. The molecular formula is C16H20N2O2. The zero-order chi connectivity index (χ0) is 14.8. The molecule has 106 valence electrons. The standard InChI is InChI=1S/C14H15NO.C2H5NO/c1-3-12-10-14(8-9-15-12)16-13-6-4-11(2)5-7-13;1-3-2-4/h4-10H,3H2,1-2H3;2H,1H3,(H,3,4). The number of benzene rings is 1. The van der Waals surface area contributed by atoms with Gasteiger partial charge in [-0.05, 0) is 31.5 Å². The van der Waals surface area contributed by atoms with E-state index in [1.165, 1.54) is 5.56 Å². The van der Waals surface area contributed by atoms with Crippen LogP contribution in [0.4, 0.5) is 0 Å². The molecule has 2 rings (SSSR count). The van der Waals surface area contributed by atoms with Crippen molar-refractivity contribution in [2.45, 2.75) is 20.3 Å². The Bertz CT molecular complexity index is 524. The van der Waals surface area contributed by atoms with Gasteiger partial charge in [0.25, 0.3) is 0 Å². The fourth-order valence-corrected chi connectivity index (χ4v) is 1.46. The van der Waals surface area contributed by atoms with Crippen LogP contribution in [0.5, 0.6) is 11.5 Å². The van der Waals surface area contributed by atoms with E-state index >= 15 is 0 Å². The minimum Gasteiger partial charge on any atom is -0.457 e. The van der Waals surface area contributed by atoms with E-state index in [0.29, 0.717) is 6.41 Å². The molecule has 4 heteroatoms. The summed E-state index contributed by atoms with van der Waals surface area (Å²) in [7, 11) is 1.56. The number of aromatic nitrogens is 1. The molecule has 1 amide bonds. The highest BCUT2D eigenvalue weighted by Crippen LogP contribution is 2.21. The molecule has 0 atom stereocenters. The summed E-state index contributed by atoms with van der Waals surface area (Å²) in [5, 5.41) is 2.25. The normalized spacial score (nSPS) is 9.15. The number of nitrogens with zero attached hydrogens (tertiary/aromatic N) is 1. The lowest BCUT2D eigenvalue weighted by molar-refractivity contribution is -0.109. The smallest absolute Gasteiger partial charge is 0.206 e. The summed E-state index contributed by atoms with van der Waals surface area (Å²) in [6.07, 6.45) is 3.33. The molecule has 1 aromatic carbocycles. The molecule has 0 unspecified atom stereocenters. The van der Waals surface area contributed by atoms with Gasteiger partial charge in [0.1, 0.15) is 11.5 Å². The third-order valence-electron chi connectivity index (χ3n) is 2.52. The monoisotopic (exact) mass is 272 g/mol. The van der Waals surface area contributed by atoms with Crippen molar-refractivity contribution in [2.24, 2.45) is 0 Å². The van der Waals surface area contributed by atoms with Crippen molar-refractivity contribution >= 4 is 6.41 Å². The molecule has 0 aliphatic rings. The minimum absolute atomic E-state index is 0.625. The fourth-order valence-electron chi connectivity index (χ4n) is 1.46. The van der Waals surface area contributed by atoms with E-state index in [4.69, 9.17) is 9.53 Å². The third-order valence-corrected chi connectivity index (χ3v) is 2.52. The average molecular weight is 272 g/mol. The molecule has 2 aromatic rings. The first-order valence-corrected chi connectivity index (χ1v) is 6.50. The zero-order valence-corrected chi connectivity index (χ0v) is 12.1. The van der Waals surface area contributed by atoms with Crippen molar-refractivity contribution in [3.05, 3.63) is 53.9 Å². The summed E-state index contributed by atoms with van der Waals surface area (Å²) >= 11 is 0. The molecular weight excluding hydrogens is 252 g/mol. The molecule has 0 fully saturated rings. The van der Waals surface area contributed by atoms with Crippen LogP contribution in [0.2, 0.25) is 0 Å². The number of rotatable bonds is 4. The molecule has 1 heterocycles. The molecule has 1 N–H and O–H groups in total. The van der Waals surface area contributed by atoms with E-state index in [0.717, 1.165) is 23.6 Å². The van der Waals surface area contributed by atoms with E-state index in [9.17, 15) is 0 Å². The lowest BCUT2D eigenvalue weighted by Crippen LogP contribution is -1.98. The van der Waals surface area contributed by atoms with E-state index in [2.05, 4.69) is 24.1 Å². The van der Waals surface area contributed by atoms with Crippen molar-refractivity contribution in [2.75, 3.05) is 7.05 Å². The zero-order valence-electron chi connectivity index (χ0n) is 12.1. The second-order valence-corrected chi connectivity index (χ2v) is 4.16. The van der Waals surface area contributed by atoms with Gasteiger partial charge in [0.05, 0.1) is 0 Å². The molecule has 0 aliphatic heterocycles. The van der Waals surface area contributed by atoms with Crippen LogP contribution in [-0.4, -0.2) is 18.4 Å². The van der Waals surface area contributed by atoms with Gasteiger partial charge in [-0.2, -0.15) is 0 Å². The first-order valence-electron chi connectivity index (χ1n) is 6.50. The Hall–Kier alpha value is -2.36. The highest BCUT2D eigenvalue weighted by molar-refractivity contribution is 5.44. The summed E-state index contributed by atoms with van der Waals surface area (Å²) in [5.41, 5.74) is 2.28. The van der Waals surface area contributed by atoms with Gasteiger partial charge >= 0.3 is 0 Å². The van der Waals surface area contributed by atoms with Crippen molar-refractivity contribution in [1.82, 2.24) is 10.3 Å². The number of pyridine rings is 1. The van der Waals surface area contributed by atoms with Gasteiger partial charge in [-0.3, -0.25) is 9.78 Å². The van der Waals surface area contributed by atoms with Crippen molar-refractivity contribution in [3.63, 3.8) is 0 Å². The summed E-state index contributed by atoms with van der Waals surface area (Å²) < 4.78 is 5.74. The van der Waals surface area contributed by atoms with Crippen LogP contribution < -0.4 is 10.1 Å². The van der Waals surface area contributed by atoms with E-state index in [-0.39, 0.29) is 0 Å².